The number of aryl methyl sites for hydroxylation is 1. The first-order chi connectivity index (χ1) is 33.7. The second-order valence-electron chi connectivity index (χ2n) is 15.2. The number of anilines is 5. The molecule has 0 amide bonds. The number of benzene rings is 7. The Bertz CT molecular complexity index is 3930. The molecular formula is C43H37N13O12S4. The van der Waals surface area contributed by atoms with Gasteiger partial charge < -0.3 is 28.7 Å². The lowest BCUT2D eigenvalue weighted by Crippen LogP contribution is -2.05. The molecule has 0 spiro atoms. The third-order valence-electron chi connectivity index (χ3n) is 10.2. The molecule has 0 radical (unpaired) electrons. The summed E-state index contributed by atoms with van der Waals surface area (Å²) < 4.78 is 138. The van der Waals surface area contributed by atoms with Crippen LogP contribution in [0, 0.1) is 6.92 Å². The van der Waals surface area contributed by atoms with Gasteiger partial charge in [-0.25, -0.2) is 0 Å². The van der Waals surface area contributed by atoms with E-state index in [-0.39, 0.29) is 73.4 Å². The smallest absolute Gasteiger partial charge is 0.296 e. The van der Waals surface area contributed by atoms with Gasteiger partial charge in [-0.05, 0) is 109 Å². The van der Waals surface area contributed by atoms with E-state index in [1.807, 2.05) is 0 Å². The zero-order chi connectivity index (χ0) is 52.5. The third kappa shape index (κ3) is 11.8. The Kier molecular flexibility index (Phi) is 14.1. The predicted octanol–water partition coefficient (Wildman–Crippen LogP) is 9.89. The summed E-state index contributed by atoms with van der Waals surface area (Å²) in [7, 11) is -19.4. The minimum absolute atomic E-state index is 0.0135. The first-order valence-electron chi connectivity index (χ1n) is 20.0. The fourth-order valence-electron chi connectivity index (χ4n) is 6.70. The predicted molar refractivity (Wildman–Crippen MR) is 266 cm³/mol. The number of nitrogens with two attached hydrogens (primary N) is 5. The topological polar surface area (TPSA) is 446 Å². The molecule has 0 aliphatic carbocycles. The fraction of sp³-hybridized carbons (Fsp3) is 0.0233. The van der Waals surface area contributed by atoms with E-state index in [0.29, 0.717) is 11.3 Å². The lowest BCUT2D eigenvalue weighted by Gasteiger charge is -2.11. The zero-order valence-electron chi connectivity index (χ0n) is 36.7. The lowest BCUT2D eigenvalue weighted by molar-refractivity contribution is 0.480. The molecule has 29 heteroatoms. The van der Waals surface area contributed by atoms with Gasteiger partial charge in [-0.2, -0.15) is 54.1 Å². The van der Waals surface area contributed by atoms with Crippen molar-refractivity contribution < 1.29 is 51.9 Å². The molecule has 72 heavy (non-hydrogen) atoms. The van der Waals surface area contributed by atoms with Crippen molar-refractivity contribution in [2.24, 2.45) is 40.9 Å². The third-order valence-corrected chi connectivity index (χ3v) is 13.9. The number of azo groups is 4. The summed E-state index contributed by atoms with van der Waals surface area (Å²) in [4.78, 5) is -2.45. The Labute approximate surface area is 409 Å². The summed E-state index contributed by atoms with van der Waals surface area (Å²) in [6.45, 7) is 1.43. The largest absolute Gasteiger partial charge is 0.399 e. The number of nitrogen functional groups attached to an aromatic ring is 5. The van der Waals surface area contributed by atoms with Crippen molar-refractivity contribution in [1.29, 1.82) is 0 Å². The maximum absolute atomic E-state index is 12.6. The highest BCUT2D eigenvalue weighted by atomic mass is 32.2. The second kappa shape index (κ2) is 19.8. The monoisotopic (exact) mass is 1060 g/mol. The Morgan fingerprint density at radius 2 is 0.764 bits per heavy atom. The number of hydrogen-bond donors (Lipinski definition) is 9. The van der Waals surface area contributed by atoms with Crippen LogP contribution in [0.25, 0.3) is 22.3 Å². The van der Waals surface area contributed by atoms with E-state index >= 15 is 0 Å². The van der Waals surface area contributed by atoms with Crippen molar-refractivity contribution in [2.45, 2.75) is 26.5 Å². The minimum atomic E-state index is -5.07. The van der Waals surface area contributed by atoms with Gasteiger partial charge in [-0.15, -0.1) is 20.5 Å². The van der Waals surface area contributed by atoms with Gasteiger partial charge in [-0.1, -0.05) is 36.4 Å². The van der Waals surface area contributed by atoms with E-state index in [1.54, 1.807) is 6.07 Å². The molecule has 0 aliphatic rings. The minimum Gasteiger partial charge on any atom is -0.399 e. The summed E-state index contributed by atoms with van der Waals surface area (Å²) in [5.41, 5.74) is 29.9. The number of hydrogen-bond acceptors (Lipinski definition) is 21. The molecule has 7 aromatic rings. The van der Waals surface area contributed by atoms with E-state index in [9.17, 15) is 51.9 Å². The van der Waals surface area contributed by atoms with Crippen molar-refractivity contribution in [2.75, 3.05) is 28.7 Å². The van der Waals surface area contributed by atoms with Crippen LogP contribution in [0.15, 0.2) is 182 Å². The highest BCUT2D eigenvalue weighted by Crippen LogP contribution is 2.44. The van der Waals surface area contributed by atoms with Crippen molar-refractivity contribution in [3.8, 4) is 22.3 Å². The van der Waals surface area contributed by atoms with Crippen molar-refractivity contribution in [3.05, 3.63) is 127 Å². The van der Waals surface area contributed by atoms with Crippen LogP contribution in [0.4, 0.5) is 73.9 Å². The van der Waals surface area contributed by atoms with Gasteiger partial charge in [0.15, 0.2) is 0 Å². The maximum Gasteiger partial charge on any atom is 0.296 e. The van der Waals surface area contributed by atoms with Crippen LogP contribution in [0.3, 0.4) is 0 Å². The fourth-order valence-corrected chi connectivity index (χ4v) is 9.53. The summed E-state index contributed by atoms with van der Waals surface area (Å²) in [5.74, 6) is 0. The maximum atomic E-state index is 12.6. The van der Waals surface area contributed by atoms with Crippen LogP contribution in [-0.4, -0.2) is 51.9 Å². The Morgan fingerprint density at radius 1 is 0.361 bits per heavy atom. The molecule has 0 unspecified atom stereocenters. The number of nitrogens with zero attached hydrogens (tertiary/aromatic N) is 8. The van der Waals surface area contributed by atoms with Crippen LogP contribution in [0.2, 0.25) is 0 Å². The van der Waals surface area contributed by atoms with Crippen molar-refractivity contribution >= 4 is 114 Å². The molecule has 14 N–H and O–H groups in total. The Balaban J connectivity index is 1.15. The summed E-state index contributed by atoms with van der Waals surface area (Å²) in [6.07, 6.45) is 0. The van der Waals surface area contributed by atoms with Gasteiger partial charge >= 0.3 is 0 Å². The molecule has 7 rings (SSSR count). The number of rotatable bonds is 14. The lowest BCUT2D eigenvalue weighted by atomic mass is 10.0. The Hall–Kier alpha value is -8.42. The van der Waals surface area contributed by atoms with Gasteiger partial charge in [0.2, 0.25) is 0 Å². The van der Waals surface area contributed by atoms with Crippen LogP contribution in [-0.2, 0) is 40.5 Å². The molecule has 0 aromatic heterocycles. The van der Waals surface area contributed by atoms with E-state index in [2.05, 4.69) is 40.9 Å². The summed E-state index contributed by atoms with van der Waals surface area (Å²) in [6, 6.07) is 26.5. The van der Waals surface area contributed by atoms with Crippen LogP contribution < -0.4 is 28.7 Å². The van der Waals surface area contributed by atoms with Crippen LogP contribution >= 0.6 is 0 Å². The molecule has 0 saturated carbocycles. The SMILES string of the molecule is Cc1cc(N)c(N=Nc2ccc(-c3ccc(N=Nc4c(N)c(N=Nc5ccc(-c6ccc(N=Nc7ccc(N)cc7N)cc6S(=O)(=O)O)cc5)cc(S(=O)(=O)O)c4N)cc3S(=O)(=O)O)cc2)cc1S(=O)(=O)O. The Morgan fingerprint density at radius 3 is 1.24 bits per heavy atom. The highest BCUT2D eigenvalue weighted by molar-refractivity contribution is 7.86. The van der Waals surface area contributed by atoms with Gasteiger partial charge in [-0.3, -0.25) is 18.2 Å². The van der Waals surface area contributed by atoms with Crippen LogP contribution in [0.5, 0.6) is 0 Å². The van der Waals surface area contributed by atoms with E-state index in [0.717, 1.165) is 24.3 Å². The molecule has 0 saturated heterocycles. The second-order valence-corrected chi connectivity index (χ2v) is 20.8. The van der Waals surface area contributed by atoms with Gasteiger partial charge in [0.1, 0.15) is 37.4 Å². The molecule has 370 valence electrons. The average Bonchev–Trinajstić information content (AvgIpc) is 3.29. The van der Waals surface area contributed by atoms with Gasteiger partial charge in [0.25, 0.3) is 40.5 Å². The molecule has 25 nitrogen and oxygen atoms in total. The molecule has 0 bridgehead atoms. The first kappa shape index (κ1) is 51.4. The molecule has 0 fully saturated rings. The standard InChI is InChI=1S/C43H37N13O12S4/c1-22-16-32(45)35(20-37(22)69(57,58)59)54-49-26-7-2-23(3-8-26)31-14-12-29(19-39(31)71(63,64)65)52-56-43-41(47)36(21-40(42(43)48)72(66,67)68)55-50-27-9-4-24(5-10-27)30-13-11-28(18-38(30)70(60,61)62)51-53-34-15-6-25(44)17-33(34)46/h2-21H,44-48H2,1H3,(H,57,58,59)(H,60,61,62)(H,63,64,65)(H,66,67,68). The van der Waals surface area contributed by atoms with Crippen LogP contribution in [0.1, 0.15) is 5.56 Å². The van der Waals surface area contributed by atoms with E-state index < -0.39 is 77.1 Å². The summed E-state index contributed by atoms with van der Waals surface area (Å²) >= 11 is 0. The zero-order valence-corrected chi connectivity index (χ0v) is 40.0. The molecule has 0 aliphatic heterocycles. The quantitative estimate of drug-likeness (QED) is 0.0278. The molecule has 0 heterocycles. The highest BCUT2D eigenvalue weighted by Gasteiger charge is 2.24. The summed E-state index contributed by atoms with van der Waals surface area (Å²) in [5, 5.41) is 32.0. The van der Waals surface area contributed by atoms with E-state index in [4.69, 9.17) is 28.7 Å². The normalized spacial score (nSPS) is 12.7. The average molecular weight is 1060 g/mol. The first-order valence-corrected chi connectivity index (χ1v) is 25.8. The van der Waals surface area contributed by atoms with Crippen molar-refractivity contribution in [1.82, 2.24) is 0 Å². The van der Waals surface area contributed by atoms with Crippen molar-refractivity contribution in [3.63, 3.8) is 0 Å². The van der Waals surface area contributed by atoms with E-state index in [1.165, 1.54) is 97.9 Å². The molecule has 7 aromatic carbocycles. The van der Waals surface area contributed by atoms with Gasteiger partial charge in [0, 0.05) is 16.8 Å². The molecular weight excluding hydrogens is 1020 g/mol. The van der Waals surface area contributed by atoms with Gasteiger partial charge in [0.05, 0.1) is 50.4 Å². The molecule has 0 atom stereocenters.